The average Bonchev–Trinajstić information content (AvgIpc) is 3.15. The lowest BCUT2D eigenvalue weighted by Gasteiger charge is -2.36. The van der Waals surface area contributed by atoms with Crippen molar-refractivity contribution in [2.24, 2.45) is 0 Å². The summed E-state index contributed by atoms with van der Waals surface area (Å²) in [4.78, 5) is 37.6. The summed E-state index contributed by atoms with van der Waals surface area (Å²) in [5.74, 6) is -0.397. The number of carbonyl (C=O) groups is 2. The number of anilines is 1. The van der Waals surface area contributed by atoms with Crippen molar-refractivity contribution in [1.82, 2.24) is 20.2 Å². The van der Waals surface area contributed by atoms with Gasteiger partial charge in [0, 0.05) is 50.2 Å². The molecule has 1 aromatic carbocycles. The van der Waals surface area contributed by atoms with E-state index in [2.05, 4.69) is 45.2 Å². The summed E-state index contributed by atoms with van der Waals surface area (Å²) in [6.45, 7) is 6.81. The predicted octanol–water partition coefficient (Wildman–Crippen LogP) is 3.04. The molecule has 2 N–H and O–H groups in total. The molecule has 0 spiro atoms. The number of rotatable bonds is 5. The van der Waals surface area contributed by atoms with E-state index in [0.717, 1.165) is 66.6 Å². The third-order valence-corrected chi connectivity index (χ3v) is 6.97. The van der Waals surface area contributed by atoms with Crippen molar-refractivity contribution in [2.75, 3.05) is 44.2 Å². The molecule has 0 aliphatic carbocycles. The van der Waals surface area contributed by atoms with Crippen molar-refractivity contribution in [3.63, 3.8) is 0 Å². The van der Waals surface area contributed by atoms with E-state index in [4.69, 9.17) is 10.1 Å². The fourth-order valence-electron chi connectivity index (χ4n) is 4.44. The Kier molecular flexibility index (Phi) is 6.32. The zero-order chi connectivity index (χ0) is 23.7. The van der Waals surface area contributed by atoms with Crippen LogP contribution in [0.15, 0.2) is 47.5 Å². The zero-order valence-electron chi connectivity index (χ0n) is 18.8. The second-order valence-electron chi connectivity index (χ2n) is 8.37. The Hall–Kier alpha value is -3.27. The molecule has 0 unspecified atom stereocenters. The number of hydrogen-bond donors (Lipinski definition) is 2. The van der Waals surface area contributed by atoms with Crippen LogP contribution in [0.25, 0.3) is 28.2 Å². The van der Waals surface area contributed by atoms with E-state index < -0.39 is 5.91 Å². The largest absolute Gasteiger partial charge is 0.395 e. The molecule has 2 fully saturated rings. The molecule has 8 nitrogen and oxygen atoms in total. The number of β-amino-alcohol motifs (C(OH)–C–C–N with tert-alkyl or cyclic N) is 1. The van der Waals surface area contributed by atoms with Crippen molar-refractivity contribution in [2.45, 2.75) is 6.92 Å². The number of aliphatic hydroxyl groups excluding tert-OH is 1. The molecule has 2 aromatic heterocycles. The van der Waals surface area contributed by atoms with Crippen LogP contribution in [-0.2, 0) is 4.79 Å². The Morgan fingerprint density at radius 1 is 1.12 bits per heavy atom. The minimum Gasteiger partial charge on any atom is -0.395 e. The SMILES string of the molecule is Cc1cc(-c2ccnc3ccc(C=C4SC(=O)NC4=O)nc23)ccc1N1CCN(CCO)CC1. The maximum Gasteiger partial charge on any atom is 0.290 e. The number of aliphatic hydroxyl groups is 1. The Bertz CT molecular complexity index is 1300. The summed E-state index contributed by atoms with van der Waals surface area (Å²) in [6, 6.07) is 12.1. The van der Waals surface area contributed by atoms with E-state index >= 15 is 0 Å². The molecule has 34 heavy (non-hydrogen) atoms. The lowest BCUT2D eigenvalue weighted by atomic mass is 10.0. The highest BCUT2D eigenvalue weighted by Crippen LogP contribution is 2.32. The quantitative estimate of drug-likeness (QED) is 0.544. The van der Waals surface area contributed by atoms with Gasteiger partial charge in [0.2, 0.25) is 0 Å². The minimum absolute atomic E-state index is 0.199. The molecule has 2 saturated heterocycles. The number of piperazine rings is 1. The molecule has 2 aliphatic heterocycles. The number of thioether (sulfide) groups is 1. The van der Waals surface area contributed by atoms with Gasteiger partial charge >= 0.3 is 0 Å². The highest BCUT2D eigenvalue weighted by Gasteiger charge is 2.25. The number of aromatic nitrogens is 2. The first-order chi connectivity index (χ1) is 16.5. The van der Waals surface area contributed by atoms with Gasteiger partial charge in [0.25, 0.3) is 11.1 Å². The molecule has 9 heteroatoms. The van der Waals surface area contributed by atoms with Crippen molar-refractivity contribution in [3.8, 4) is 11.1 Å². The maximum absolute atomic E-state index is 11.9. The molecule has 4 heterocycles. The third-order valence-electron chi connectivity index (χ3n) is 6.16. The normalized spacial score (nSPS) is 18.2. The molecular weight excluding hydrogens is 450 g/mol. The van der Waals surface area contributed by atoms with Crippen molar-refractivity contribution >= 4 is 45.7 Å². The smallest absolute Gasteiger partial charge is 0.290 e. The lowest BCUT2D eigenvalue weighted by molar-refractivity contribution is -0.115. The first-order valence-corrected chi connectivity index (χ1v) is 12.0. The molecule has 2 aliphatic rings. The van der Waals surface area contributed by atoms with E-state index in [1.54, 1.807) is 18.3 Å². The van der Waals surface area contributed by atoms with Gasteiger partial charge in [-0.15, -0.1) is 0 Å². The second-order valence-corrected chi connectivity index (χ2v) is 9.38. The molecule has 5 rings (SSSR count). The number of carbonyl (C=O) groups excluding carboxylic acids is 2. The number of nitrogens with zero attached hydrogens (tertiary/aromatic N) is 4. The Balaban J connectivity index is 1.45. The van der Waals surface area contributed by atoms with Crippen LogP contribution in [0.3, 0.4) is 0 Å². The fourth-order valence-corrected chi connectivity index (χ4v) is 5.11. The molecule has 0 bridgehead atoms. The maximum atomic E-state index is 11.9. The van der Waals surface area contributed by atoms with Crippen molar-refractivity contribution < 1.29 is 14.7 Å². The highest BCUT2D eigenvalue weighted by atomic mass is 32.2. The van der Waals surface area contributed by atoms with Gasteiger partial charge < -0.3 is 10.0 Å². The van der Waals surface area contributed by atoms with E-state index in [1.807, 2.05) is 12.1 Å². The highest BCUT2D eigenvalue weighted by molar-refractivity contribution is 8.18. The van der Waals surface area contributed by atoms with Gasteiger partial charge in [-0.05, 0) is 66.2 Å². The Morgan fingerprint density at radius 3 is 2.65 bits per heavy atom. The Morgan fingerprint density at radius 2 is 1.94 bits per heavy atom. The zero-order valence-corrected chi connectivity index (χ0v) is 19.6. The van der Waals surface area contributed by atoms with Gasteiger partial charge in [-0.3, -0.25) is 24.8 Å². The van der Waals surface area contributed by atoms with E-state index in [0.29, 0.717) is 10.6 Å². The number of hydrogen-bond acceptors (Lipinski definition) is 8. The van der Waals surface area contributed by atoms with Crippen LogP contribution < -0.4 is 10.2 Å². The topological polar surface area (TPSA) is 98.7 Å². The lowest BCUT2D eigenvalue weighted by Crippen LogP contribution is -2.47. The van der Waals surface area contributed by atoms with Crippen LogP contribution in [0.5, 0.6) is 0 Å². The van der Waals surface area contributed by atoms with Crippen molar-refractivity contribution in [1.29, 1.82) is 0 Å². The number of aryl methyl sites for hydroxylation is 1. The first-order valence-electron chi connectivity index (χ1n) is 11.2. The fraction of sp³-hybridized carbons (Fsp3) is 0.280. The Labute approximate surface area is 201 Å². The summed E-state index contributed by atoms with van der Waals surface area (Å²) in [7, 11) is 0. The van der Waals surface area contributed by atoms with Gasteiger partial charge in [0.05, 0.1) is 28.2 Å². The van der Waals surface area contributed by atoms with Gasteiger partial charge in [0.15, 0.2) is 0 Å². The molecule has 174 valence electrons. The van der Waals surface area contributed by atoms with E-state index in [9.17, 15) is 9.59 Å². The molecular formula is C25H25N5O3S. The van der Waals surface area contributed by atoms with Crippen LogP contribution in [0.2, 0.25) is 0 Å². The summed E-state index contributed by atoms with van der Waals surface area (Å²) < 4.78 is 0. The average molecular weight is 476 g/mol. The predicted molar refractivity (Wildman–Crippen MR) is 135 cm³/mol. The molecule has 0 saturated carbocycles. The van der Waals surface area contributed by atoms with Crippen LogP contribution >= 0.6 is 11.8 Å². The van der Waals surface area contributed by atoms with Crippen LogP contribution in [0, 0.1) is 6.92 Å². The van der Waals surface area contributed by atoms with Crippen LogP contribution in [0.1, 0.15) is 11.3 Å². The number of benzene rings is 1. The third kappa shape index (κ3) is 4.54. The number of fused-ring (bicyclic) bond motifs is 1. The van der Waals surface area contributed by atoms with Gasteiger partial charge in [-0.2, -0.15) is 0 Å². The summed E-state index contributed by atoms with van der Waals surface area (Å²) >= 11 is 0.880. The first kappa shape index (κ1) is 22.5. The standard InChI is InChI=1S/C25H25N5O3S/c1-16-14-17(2-5-21(16)30-10-8-29(9-11-30)12-13-31)19-6-7-26-20-4-3-18(27-23(19)20)15-22-24(32)28-25(33)34-22/h2-7,14-15,31H,8-13H2,1H3,(H,28,32,33). The number of imide groups is 1. The molecule has 0 atom stereocenters. The summed E-state index contributed by atoms with van der Waals surface area (Å²) in [5.41, 5.74) is 6.53. The van der Waals surface area contributed by atoms with E-state index in [1.165, 1.54) is 11.3 Å². The summed E-state index contributed by atoms with van der Waals surface area (Å²) in [5, 5.41) is 11.1. The molecule has 2 amide bonds. The molecule has 0 radical (unpaired) electrons. The van der Waals surface area contributed by atoms with Gasteiger partial charge in [-0.25, -0.2) is 4.98 Å². The number of amides is 2. The van der Waals surface area contributed by atoms with Gasteiger partial charge in [0.1, 0.15) is 0 Å². The second kappa shape index (κ2) is 9.54. The number of nitrogens with one attached hydrogen (secondary N) is 1. The van der Waals surface area contributed by atoms with Gasteiger partial charge in [-0.1, -0.05) is 6.07 Å². The van der Waals surface area contributed by atoms with E-state index in [-0.39, 0.29) is 11.8 Å². The van der Waals surface area contributed by atoms with Crippen molar-refractivity contribution in [3.05, 3.63) is 58.8 Å². The minimum atomic E-state index is -0.397. The van der Waals surface area contributed by atoms with Crippen LogP contribution in [-0.4, -0.2) is 70.5 Å². The number of pyridine rings is 2. The molecule has 3 aromatic rings. The monoisotopic (exact) mass is 475 g/mol. The summed E-state index contributed by atoms with van der Waals surface area (Å²) in [6.07, 6.45) is 3.41. The van der Waals surface area contributed by atoms with Crippen LogP contribution in [0.4, 0.5) is 10.5 Å².